The van der Waals surface area contributed by atoms with Crippen LogP contribution in [0.25, 0.3) is 0 Å². The summed E-state index contributed by atoms with van der Waals surface area (Å²) in [6, 6.07) is 3.13. The van der Waals surface area contributed by atoms with Gasteiger partial charge in [0.2, 0.25) is 0 Å². The van der Waals surface area contributed by atoms with Gasteiger partial charge in [-0.3, -0.25) is 9.88 Å². The van der Waals surface area contributed by atoms with E-state index in [1.54, 1.807) is 6.07 Å². The van der Waals surface area contributed by atoms with Crippen molar-refractivity contribution in [3.63, 3.8) is 0 Å². The Labute approximate surface area is 171 Å². The lowest BCUT2D eigenvalue weighted by atomic mass is 9.76. The van der Waals surface area contributed by atoms with E-state index in [9.17, 15) is 21.6 Å². The fourth-order valence-corrected chi connectivity index (χ4v) is 5.76. The first-order chi connectivity index (χ1) is 13.5. The van der Waals surface area contributed by atoms with E-state index < -0.39 is 21.7 Å². The van der Waals surface area contributed by atoms with E-state index in [0.29, 0.717) is 12.5 Å². The minimum Gasteiger partial charge on any atom is -0.300 e. The molecule has 2 heterocycles. The number of alkyl halides is 3. The molecule has 1 saturated carbocycles. The topological polar surface area (TPSA) is 50.3 Å². The predicted molar refractivity (Wildman–Crippen MR) is 107 cm³/mol. The van der Waals surface area contributed by atoms with Crippen LogP contribution in [0.4, 0.5) is 13.2 Å². The molecule has 0 radical (unpaired) electrons. The second-order valence-corrected chi connectivity index (χ2v) is 11.5. The van der Waals surface area contributed by atoms with Crippen molar-refractivity contribution in [2.45, 2.75) is 70.0 Å². The van der Waals surface area contributed by atoms with Gasteiger partial charge in [0.05, 0.1) is 5.75 Å². The second kappa shape index (κ2) is 8.53. The monoisotopic (exact) mass is 432 g/mol. The lowest BCUT2D eigenvalue weighted by Crippen LogP contribution is -2.48. The van der Waals surface area contributed by atoms with E-state index in [1.807, 2.05) is 0 Å². The fourth-order valence-electron chi connectivity index (χ4n) is 4.89. The van der Waals surface area contributed by atoms with Crippen LogP contribution in [0.1, 0.15) is 69.0 Å². The molecule has 4 nitrogen and oxygen atoms in total. The summed E-state index contributed by atoms with van der Waals surface area (Å²) in [5, 5.41) is 0. The molecule has 1 atom stereocenters. The number of sulfone groups is 1. The Bertz CT molecular complexity index is 787. The molecule has 1 aromatic rings. The van der Waals surface area contributed by atoms with Gasteiger partial charge in [-0.2, -0.15) is 13.2 Å². The number of hydrogen-bond acceptors (Lipinski definition) is 4. The maximum atomic E-state index is 12.7. The Hall–Kier alpha value is -1.15. The van der Waals surface area contributed by atoms with E-state index in [0.717, 1.165) is 63.2 Å². The van der Waals surface area contributed by atoms with Gasteiger partial charge in [0, 0.05) is 25.0 Å². The molecule has 0 spiro atoms. The standard InChI is InChI=1S/C21H31F3N2O2S/c1-20(11-13-29(2,27)28)10-3-12-26(15-20)18-7-4-16(5-8-18)17-6-9-19(25-14-17)21(22,23)24/h6,9,14,16,18H,3-5,7-8,10-13,15H2,1-2H3/t16-,18-,20-/m1/s1. The van der Waals surface area contributed by atoms with Crippen LogP contribution >= 0.6 is 0 Å². The van der Waals surface area contributed by atoms with Gasteiger partial charge in [-0.05, 0) is 74.5 Å². The molecule has 0 amide bonds. The van der Waals surface area contributed by atoms with E-state index in [4.69, 9.17) is 0 Å². The van der Waals surface area contributed by atoms with Gasteiger partial charge in [0.25, 0.3) is 0 Å². The summed E-state index contributed by atoms with van der Waals surface area (Å²) < 4.78 is 61.2. The van der Waals surface area contributed by atoms with Crippen molar-refractivity contribution in [2.24, 2.45) is 5.41 Å². The molecular weight excluding hydrogens is 401 g/mol. The predicted octanol–water partition coefficient (Wildman–Crippen LogP) is 4.66. The Morgan fingerprint density at radius 3 is 2.45 bits per heavy atom. The van der Waals surface area contributed by atoms with Crippen LogP contribution in [0.2, 0.25) is 0 Å². The van der Waals surface area contributed by atoms with Gasteiger partial charge >= 0.3 is 6.18 Å². The Morgan fingerprint density at radius 1 is 1.21 bits per heavy atom. The molecule has 2 aliphatic rings. The van der Waals surface area contributed by atoms with E-state index in [-0.39, 0.29) is 17.1 Å². The largest absolute Gasteiger partial charge is 0.433 e. The summed E-state index contributed by atoms with van der Waals surface area (Å²) >= 11 is 0. The summed E-state index contributed by atoms with van der Waals surface area (Å²) in [5.41, 5.74) is 0.0971. The molecule has 1 aromatic heterocycles. The number of rotatable bonds is 5. The summed E-state index contributed by atoms with van der Waals surface area (Å²) in [6.45, 7) is 4.18. The molecule has 8 heteroatoms. The van der Waals surface area contributed by atoms with Gasteiger partial charge in [-0.1, -0.05) is 13.0 Å². The molecule has 1 aliphatic carbocycles. The minimum absolute atomic E-state index is 0.0372. The summed E-state index contributed by atoms with van der Waals surface area (Å²) in [4.78, 5) is 6.13. The van der Waals surface area contributed by atoms with Gasteiger partial charge < -0.3 is 0 Å². The van der Waals surface area contributed by atoms with Crippen molar-refractivity contribution < 1.29 is 21.6 Å². The molecule has 164 valence electrons. The maximum absolute atomic E-state index is 12.7. The van der Waals surface area contributed by atoms with Crippen molar-refractivity contribution in [1.82, 2.24) is 9.88 Å². The summed E-state index contributed by atoms with van der Waals surface area (Å²) in [7, 11) is -2.95. The van der Waals surface area contributed by atoms with Gasteiger partial charge in [-0.25, -0.2) is 8.42 Å². The Kier molecular flexibility index (Phi) is 6.63. The van der Waals surface area contributed by atoms with Crippen LogP contribution in [0.3, 0.4) is 0 Å². The third kappa shape index (κ3) is 6.17. The van der Waals surface area contributed by atoms with E-state index >= 15 is 0 Å². The van der Waals surface area contributed by atoms with Crippen molar-refractivity contribution in [2.75, 3.05) is 25.1 Å². The molecule has 0 N–H and O–H groups in total. The van der Waals surface area contributed by atoms with Crippen LogP contribution in [0, 0.1) is 5.41 Å². The fraction of sp³-hybridized carbons (Fsp3) is 0.762. The SMILES string of the molecule is C[C@]1(CCS(C)(=O)=O)CCCN([C@H]2CC[C@H](c3ccc(C(F)(F)F)nc3)CC2)C1. The number of pyridine rings is 1. The van der Waals surface area contributed by atoms with Crippen molar-refractivity contribution in [3.8, 4) is 0 Å². The highest BCUT2D eigenvalue weighted by Crippen LogP contribution is 2.39. The van der Waals surface area contributed by atoms with Crippen molar-refractivity contribution >= 4 is 9.84 Å². The zero-order chi connectivity index (χ0) is 21.3. The summed E-state index contributed by atoms with van der Waals surface area (Å²) in [5.74, 6) is 0.507. The van der Waals surface area contributed by atoms with Gasteiger partial charge in [0.15, 0.2) is 0 Å². The zero-order valence-corrected chi connectivity index (χ0v) is 18.0. The third-order valence-electron chi connectivity index (χ3n) is 6.65. The number of halogens is 3. The molecule has 0 aromatic carbocycles. The number of likely N-dealkylation sites (tertiary alicyclic amines) is 1. The van der Waals surface area contributed by atoms with Gasteiger partial charge in [0.1, 0.15) is 15.5 Å². The number of aromatic nitrogens is 1. The number of hydrogen-bond donors (Lipinski definition) is 0. The van der Waals surface area contributed by atoms with Crippen LogP contribution in [0.15, 0.2) is 18.3 Å². The van der Waals surface area contributed by atoms with Crippen LogP contribution in [0.5, 0.6) is 0 Å². The van der Waals surface area contributed by atoms with Crippen LogP contribution < -0.4 is 0 Å². The van der Waals surface area contributed by atoms with Crippen molar-refractivity contribution in [1.29, 1.82) is 0 Å². The lowest BCUT2D eigenvalue weighted by molar-refractivity contribution is -0.141. The molecule has 29 heavy (non-hydrogen) atoms. The third-order valence-corrected chi connectivity index (χ3v) is 7.59. The van der Waals surface area contributed by atoms with Crippen LogP contribution in [-0.2, 0) is 16.0 Å². The molecule has 1 aliphatic heterocycles. The highest BCUT2D eigenvalue weighted by Gasteiger charge is 2.36. The first-order valence-electron chi connectivity index (χ1n) is 10.4. The van der Waals surface area contributed by atoms with Gasteiger partial charge in [-0.15, -0.1) is 0 Å². The lowest BCUT2D eigenvalue weighted by Gasteiger charge is -2.46. The molecule has 3 rings (SSSR count). The smallest absolute Gasteiger partial charge is 0.300 e. The van der Waals surface area contributed by atoms with E-state index in [2.05, 4.69) is 16.8 Å². The first-order valence-corrected chi connectivity index (χ1v) is 12.5. The number of nitrogens with zero attached hydrogens (tertiary/aromatic N) is 2. The Balaban J connectivity index is 1.55. The zero-order valence-electron chi connectivity index (χ0n) is 17.2. The molecule has 1 saturated heterocycles. The highest BCUT2D eigenvalue weighted by molar-refractivity contribution is 7.90. The molecular formula is C21H31F3N2O2S. The molecule has 0 unspecified atom stereocenters. The van der Waals surface area contributed by atoms with Crippen molar-refractivity contribution in [3.05, 3.63) is 29.6 Å². The second-order valence-electron chi connectivity index (χ2n) is 9.24. The highest BCUT2D eigenvalue weighted by atomic mass is 32.2. The minimum atomic E-state index is -4.39. The average Bonchev–Trinajstić information content (AvgIpc) is 2.66. The average molecular weight is 433 g/mol. The molecule has 0 bridgehead atoms. The van der Waals surface area contributed by atoms with Crippen LogP contribution in [-0.4, -0.2) is 49.4 Å². The number of piperidine rings is 1. The maximum Gasteiger partial charge on any atom is 0.433 e. The Morgan fingerprint density at radius 2 is 1.90 bits per heavy atom. The normalized spacial score (nSPS) is 29.7. The summed E-state index contributed by atoms with van der Waals surface area (Å²) in [6.07, 6.45) is 5.09. The van der Waals surface area contributed by atoms with E-state index in [1.165, 1.54) is 12.5 Å². The quantitative estimate of drug-likeness (QED) is 0.679. The first kappa shape index (κ1) is 22.5. The molecule has 2 fully saturated rings.